The number of esters is 1. The molecule has 0 bridgehead atoms. The number of alkyl carbamates (subject to hydrolysis) is 1. The smallest absolute Gasteiger partial charge is 0.407 e. The summed E-state index contributed by atoms with van der Waals surface area (Å²) in [7, 11) is 7.12. The van der Waals surface area contributed by atoms with Gasteiger partial charge in [0.2, 0.25) is 0 Å². The summed E-state index contributed by atoms with van der Waals surface area (Å²) in [5, 5.41) is 2.56. The molecule has 58 heavy (non-hydrogen) atoms. The van der Waals surface area contributed by atoms with Crippen LogP contribution in [0.25, 0.3) is 0 Å². The molecule has 0 aliphatic carbocycles. The average Bonchev–Trinajstić information content (AvgIpc) is 3.18. The molecule has 326 valence electrons. The molecular weight excluding hydrogens is 741 g/mol. The number of amides is 1. The zero-order chi connectivity index (χ0) is 43.7. The molecule has 2 aliphatic heterocycles. The number of ketones is 3. The fourth-order valence-corrected chi connectivity index (χ4v) is 9.55. The van der Waals surface area contributed by atoms with Crippen LogP contribution in [0.15, 0.2) is 42.0 Å². The maximum Gasteiger partial charge on any atom is 0.407 e. The molecule has 1 amide bonds. The zero-order valence-electron chi connectivity index (χ0n) is 37.6. The Morgan fingerprint density at radius 2 is 1.62 bits per heavy atom. The number of carbonyl (C=O) groups is 5. The third-order valence-electron chi connectivity index (χ3n) is 13.1. The Morgan fingerprint density at radius 1 is 0.983 bits per heavy atom. The Bertz CT molecular complexity index is 1600. The molecular formula is C46H72N2O10. The molecule has 2 fully saturated rings. The van der Waals surface area contributed by atoms with Gasteiger partial charge < -0.3 is 33.9 Å². The predicted molar refractivity (Wildman–Crippen MR) is 223 cm³/mol. The summed E-state index contributed by atoms with van der Waals surface area (Å²) in [5.41, 5.74) is -1.10. The number of hydrogen-bond acceptors (Lipinski definition) is 11. The minimum absolute atomic E-state index is 0.0937. The zero-order valence-corrected chi connectivity index (χ0v) is 37.6. The standard InChI is InChI=1S/C46H72N2O10/c1-15-37-29(5)35(22-23-36(32(8)49)41(51)33-20-18-17-19-21-33)27(3)26-45(9,54-14)42(57-39-25-34(48(12)13)24-28(4)55-39)30(6)40(50)31(7)43(52)56-38(16-2)46(37,10)58-44(53)47-11/h17-22,27-31,34,36-39,42H,15-16,23-26H2,1-14H3,(H,47,53)/b35-22+/t27-,28-,29+,30+,31-,34+,36?,37-,38-,39+,42-,45-,46+/m1/s1. The van der Waals surface area contributed by atoms with E-state index in [1.807, 2.05) is 53.9 Å². The van der Waals surface area contributed by atoms with Crippen LogP contribution in [0.2, 0.25) is 0 Å². The van der Waals surface area contributed by atoms with Gasteiger partial charge in [0, 0.05) is 44.0 Å². The monoisotopic (exact) mass is 813 g/mol. The summed E-state index contributed by atoms with van der Waals surface area (Å²) in [6.45, 7) is 18.4. The molecule has 1 unspecified atom stereocenters. The first-order valence-corrected chi connectivity index (χ1v) is 21.2. The third kappa shape index (κ3) is 11.4. The van der Waals surface area contributed by atoms with Crippen molar-refractivity contribution in [1.29, 1.82) is 0 Å². The lowest BCUT2D eigenvalue weighted by molar-refractivity contribution is -0.262. The topological polar surface area (TPSA) is 147 Å². The number of nitrogens with one attached hydrogen (secondary N) is 1. The van der Waals surface area contributed by atoms with Gasteiger partial charge in [0.15, 0.2) is 23.5 Å². The van der Waals surface area contributed by atoms with Crippen LogP contribution >= 0.6 is 0 Å². The number of carbonyl (C=O) groups excluding carboxylic acids is 5. The maximum absolute atomic E-state index is 14.5. The van der Waals surface area contributed by atoms with Crippen molar-refractivity contribution in [2.45, 2.75) is 150 Å². The number of benzene rings is 1. The van der Waals surface area contributed by atoms with Crippen molar-refractivity contribution in [2.24, 2.45) is 35.5 Å². The maximum atomic E-state index is 14.5. The molecule has 1 aromatic carbocycles. The fourth-order valence-electron chi connectivity index (χ4n) is 9.55. The van der Waals surface area contributed by atoms with Crippen LogP contribution in [-0.4, -0.2) is 104 Å². The van der Waals surface area contributed by atoms with Crippen molar-refractivity contribution < 1.29 is 47.7 Å². The normalized spacial score (nSPS) is 35.5. The van der Waals surface area contributed by atoms with E-state index in [0.717, 1.165) is 12.0 Å². The molecule has 1 N–H and O–H groups in total. The van der Waals surface area contributed by atoms with E-state index in [1.165, 1.54) is 14.0 Å². The largest absolute Gasteiger partial charge is 0.458 e. The van der Waals surface area contributed by atoms with Crippen molar-refractivity contribution in [2.75, 3.05) is 28.3 Å². The van der Waals surface area contributed by atoms with E-state index < -0.39 is 65.4 Å². The van der Waals surface area contributed by atoms with Crippen molar-refractivity contribution in [3.63, 3.8) is 0 Å². The molecule has 1 aromatic rings. The van der Waals surface area contributed by atoms with E-state index in [2.05, 4.69) is 24.1 Å². The molecule has 2 heterocycles. The fraction of sp³-hybridized carbons (Fsp3) is 0.717. The van der Waals surface area contributed by atoms with Crippen LogP contribution in [0.5, 0.6) is 0 Å². The van der Waals surface area contributed by atoms with Gasteiger partial charge in [-0.2, -0.15) is 0 Å². The SMILES string of the molecule is CC[C@@H]1[C@@H](C)/C(=C/CC(C(C)=O)C(=O)c2ccccc2)[C@H](C)C[C@@](C)(OC)[C@H](O[C@H]2C[C@@H](N(C)C)C[C@@H](C)O2)[C@@H](C)C(=O)[C@@H](C)C(=O)O[C@H](CC)[C@@]1(C)OC(=O)NC. The second kappa shape index (κ2) is 21.2. The van der Waals surface area contributed by atoms with E-state index in [0.29, 0.717) is 31.2 Å². The highest BCUT2D eigenvalue weighted by molar-refractivity contribution is 6.10. The van der Waals surface area contributed by atoms with Gasteiger partial charge in [-0.15, -0.1) is 0 Å². The first kappa shape index (κ1) is 48.9. The van der Waals surface area contributed by atoms with Crippen LogP contribution in [0.1, 0.15) is 118 Å². The van der Waals surface area contributed by atoms with Crippen molar-refractivity contribution in [3.8, 4) is 0 Å². The minimum atomic E-state index is -1.36. The summed E-state index contributed by atoms with van der Waals surface area (Å²) in [4.78, 5) is 70.8. The second-order valence-electron chi connectivity index (χ2n) is 17.4. The number of methoxy groups -OCH3 is 1. The highest BCUT2D eigenvalue weighted by atomic mass is 16.7. The van der Waals surface area contributed by atoms with E-state index >= 15 is 0 Å². The van der Waals surface area contributed by atoms with Gasteiger partial charge >= 0.3 is 12.1 Å². The van der Waals surface area contributed by atoms with Crippen molar-refractivity contribution in [1.82, 2.24) is 10.2 Å². The molecule has 12 nitrogen and oxygen atoms in total. The highest BCUT2D eigenvalue weighted by Crippen LogP contribution is 2.45. The molecule has 0 spiro atoms. The van der Waals surface area contributed by atoms with Crippen LogP contribution in [-0.2, 0) is 38.1 Å². The molecule has 3 rings (SSSR count). The van der Waals surface area contributed by atoms with Crippen molar-refractivity contribution >= 4 is 29.4 Å². The highest BCUT2D eigenvalue weighted by Gasteiger charge is 2.52. The number of hydrogen-bond donors (Lipinski definition) is 1. The van der Waals surface area contributed by atoms with Gasteiger partial charge in [0.05, 0.1) is 23.7 Å². The van der Waals surface area contributed by atoms with Gasteiger partial charge in [-0.25, -0.2) is 4.79 Å². The predicted octanol–water partition coefficient (Wildman–Crippen LogP) is 7.62. The molecule has 0 saturated carbocycles. The summed E-state index contributed by atoms with van der Waals surface area (Å²) in [5.74, 6) is -5.58. The Morgan fingerprint density at radius 3 is 2.16 bits per heavy atom. The van der Waals surface area contributed by atoms with Crippen molar-refractivity contribution in [3.05, 3.63) is 47.5 Å². The summed E-state index contributed by atoms with van der Waals surface area (Å²) < 4.78 is 32.1. The quantitative estimate of drug-likeness (QED) is 0.0963. The van der Waals surface area contributed by atoms with Gasteiger partial charge in [-0.05, 0) is 92.7 Å². The molecule has 12 heteroatoms. The summed E-state index contributed by atoms with van der Waals surface area (Å²) >= 11 is 0. The minimum Gasteiger partial charge on any atom is -0.458 e. The summed E-state index contributed by atoms with van der Waals surface area (Å²) in [6.07, 6.45) is 1.49. The third-order valence-corrected chi connectivity index (χ3v) is 13.1. The molecule has 2 aliphatic rings. The van der Waals surface area contributed by atoms with Crippen LogP contribution in [0.3, 0.4) is 0 Å². The number of Topliss-reactive ketones (excluding diaryl/α,β-unsaturated/α-hetero) is 3. The molecule has 13 atom stereocenters. The Balaban J connectivity index is 2.30. The first-order valence-electron chi connectivity index (χ1n) is 21.2. The lowest BCUT2D eigenvalue weighted by Gasteiger charge is -2.47. The van der Waals surface area contributed by atoms with Gasteiger partial charge in [-0.1, -0.05) is 76.6 Å². The van der Waals surface area contributed by atoms with E-state index in [4.69, 9.17) is 23.7 Å². The van der Waals surface area contributed by atoms with E-state index in [-0.39, 0.29) is 47.8 Å². The van der Waals surface area contributed by atoms with Gasteiger partial charge in [0.1, 0.15) is 17.8 Å². The number of rotatable bonds is 12. The van der Waals surface area contributed by atoms with Gasteiger partial charge in [-0.3, -0.25) is 19.2 Å². The average molecular weight is 813 g/mol. The lowest BCUT2D eigenvalue weighted by atomic mass is 9.67. The van der Waals surface area contributed by atoms with Gasteiger partial charge in [0.25, 0.3) is 0 Å². The molecule has 0 radical (unpaired) electrons. The van der Waals surface area contributed by atoms with Crippen LogP contribution < -0.4 is 5.32 Å². The molecule has 0 aromatic heterocycles. The van der Waals surface area contributed by atoms with E-state index in [9.17, 15) is 24.0 Å². The lowest BCUT2D eigenvalue weighted by Crippen LogP contribution is -2.56. The first-order chi connectivity index (χ1) is 27.2. The number of nitrogens with zero attached hydrogens (tertiary/aromatic N) is 1. The second-order valence-corrected chi connectivity index (χ2v) is 17.4. The number of allylic oxidation sites excluding steroid dienone is 2. The Labute approximate surface area is 347 Å². The van der Waals surface area contributed by atoms with E-state index in [1.54, 1.807) is 52.1 Å². The Kier molecular flexibility index (Phi) is 17.9. The summed E-state index contributed by atoms with van der Waals surface area (Å²) in [6, 6.07) is 8.98. The van der Waals surface area contributed by atoms with Crippen LogP contribution in [0, 0.1) is 35.5 Å². The molecule has 2 saturated heterocycles. The number of ether oxygens (including phenoxy) is 5. The van der Waals surface area contributed by atoms with Crippen LogP contribution in [0.4, 0.5) is 4.79 Å². The number of cyclic esters (lactones) is 1. The Hall–Kier alpha value is -3.45.